The zero-order valence-electron chi connectivity index (χ0n) is 24.4. The zero-order chi connectivity index (χ0) is 29.4. The van der Waals surface area contributed by atoms with Gasteiger partial charge in [-0.3, -0.25) is 4.79 Å². The molecule has 0 unspecified atom stereocenters. The average molecular weight is 549 g/mol. The van der Waals surface area contributed by atoms with Crippen LogP contribution in [0.4, 0.5) is 16.3 Å². The van der Waals surface area contributed by atoms with Crippen LogP contribution < -0.4 is 10.6 Å². The molecule has 2 N–H and O–H groups in total. The molecule has 0 saturated heterocycles. The van der Waals surface area contributed by atoms with E-state index in [4.69, 9.17) is 9.84 Å². The SMILES string of the molecule is CCOC(=O)c1ccc(NC(=O)N(CCN(C)C)CC(=O)Nc2cc(C(C)(C)C)nn2-c2ccccc2C)cc1. The number of carbonyl (C=O) groups is 3. The minimum Gasteiger partial charge on any atom is -0.462 e. The fourth-order valence-electron chi connectivity index (χ4n) is 3.86. The van der Waals surface area contributed by atoms with E-state index in [0.29, 0.717) is 30.2 Å². The first-order valence-corrected chi connectivity index (χ1v) is 13.3. The first kappa shape index (κ1) is 30.4. The number of carbonyl (C=O) groups excluding carboxylic acids is 3. The summed E-state index contributed by atoms with van der Waals surface area (Å²) in [5.74, 6) is -0.238. The maximum Gasteiger partial charge on any atom is 0.338 e. The number of anilines is 2. The van der Waals surface area contributed by atoms with E-state index in [2.05, 4.69) is 31.4 Å². The van der Waals surface area contributed by atoms with Crippen LogP contribution in [0.5, 0.6) is 0 Å². The second-order valence-electron chi connectivity index (χ2n) is 10.9. The molecule has 2 aromatic carbocycles. The van der Waals surface area contributed by atoms with Crippen LogP contribution in [0.15, 0.2) is 54.6 Å². The molecule has 0 aliphatic rings. The zero-order valence-corrected chi connectivity index (χ0v) is 24.4. The van der Waals surface area contributed by atoms with Gasteiger partial charge in [0.05, 0.1) is 23.6 Å². The molecule has 0 bridgehead atoms. The number of benzene rings is 2. The molecule has 3 aromatic rings. The van der Waals surface area contributed by atoms with E-state index >= 15 is 0 Å². The Morgan fingerprint density at radius 3 is 2.25 bits per heavy atom. The number of rotatable bonds is 10. The molecule has 0 aliphatic heterocycles. The molecule has 3 rings (SSSR count). The lowest BCUT2D eigenvalue weighted by Gasteiger charge is -2.24. The van der Waals surface area contributed by atoms with Gasteiger partial charge in [-0.2, -0.15) is 5.10 Å². The van der Waals surface area contributed by atoms with Crippen LogP contribution in [-0.2, 0) is 14.9 Å². The fourth-order valence-corrected chi connectivity index (χ4v) is 3.86. The monoisotopic (exact) mass is 548 g/mol. The second kappa shape index (κ2) is 13.3. The highest BCUT2D eigenvalue weighted by molar-refractivity contribution is 5.97. The molecule has 10 nitrogen and oxygen atoms in total. The van der Waals surface area contributed by atoms with Crippen LogP contribution in [0.3, 0.4) is 0 Å². The molecule has 0 radical (unpaired) electrons. The van der Waals surface area contributed by atoms with E-state index in [1.807, 2.05) is 56.3 Å². The van der Waals surface area contributed by atoms with Crippen molar-refractivity contribution in [2.24, 2.45) is 0 Å². The van der Waals surface area contributed by atoms with E-state index in [0.717, 1.165) is 16.9 Å². The molecule has 1 aromatic heterocycles. The second-order valence-corrected chi connectivity index (χ2v) is 10.9. The van der Waals surface area contributed by atoms with Gasteiger partial charge >= 0.3 is 12.0 Å². The average Bonchev–Trinajstić information content (AvgIpc) is 3.31. The standard InChI is InChI=1S/C30H40N6O4/c1-8-40-28(38)22-13-15-23(16-14-22)31-29(39)35(18-17-34(6)7)20-27(37)32-26-19-25(30(3,4)5)33-36(26)24-12-10-9-11-21(24)2/h9-16,19H,8,17-18,20H2,1-7H3,(H,31,39)(H,32,37). The van der Waals surface area contributed by atoms with Gasteiger partial charge < -0.3 is 25.2 Å². The van der Waals surface area contributed by atoms with E-state index in [1.54, 1.807) is 35.9 Å². The van der Waals surface area contributed by atoms with Gasteiger partial charge in [0.1, 0.15) is 12.4 Å². The third-order valence-corrected chi connectivity index (χ3v) is 6.18. The summed E-state index contributed by atoms with van der Waals surface area (Å²) in [5, 5.41) is 10.6. The highest BCUT2D eigenvalue weighted by atomic mass is 16.5. The van der Waals surface area contributed by atoms with Crippen molar-refractivity contribution < 1.29 is 19.1 Å². The molecule has 0 spiro atoms. The highest BCUT2D eigenvalue weighted by Crippen LogP contribution is 2.27. The molecule has 0 aliphatic carbocycles. The Morgan fingerprint density at radius 2 is 1.65 bits per heavy atom. The number of aryl methyl sites for hydroxylation is 1. The molecule has 3 amide bonds. The van der Waals surface area contributed by atoms with Crippen molar-refractivity contribution in [1.29, 1.82) is 0 Å². The van der Waals surface area contributed by atoms with Gasteiger partial charge in [0.25, 0.3) is 0 Å². The summed E-state index contributed by atoms with van der Waals surface area (Å²) in [6.45, 7) is 10.9. The Labute approximate surface area is 236 Å². The van der Waals surface area contributed by atoms with Gasteiger partial charge in [-0.25, -0.2) is 14.3 Å². The van der Waals surface area contributed by atoms with Crippen molar-refractivity contribution in [2.45, 2.75) is 40.0 Å². The predicted octanol–water partition coefficient (Wildman–Crippen LogP) is 4.69. The van der Waals surface area contributed by atoms with E-state index in [1.165, 1.54) is 4.90 Å². The fraction of sp³-hybridized carbons (Fsp3) is 0.400. The highest BCUT2D eigenvalue weighted by Gasteiger charge is 2.24. The number of ether oxygens (including phenoxy) is 1. The van der Waals surface area contributed by atoms with Gasteiger partial charge in [0, 0.05) is 30.3 Å². The summed E-state index contributed by atoms with van der Waals surface area (Å²) < 4.78 is 6.75. The number of urea groups is 1. The van der Waals surface area contributed by atoms with Crippen LogP contribution in [0.2, 0.25) is 0 Å². The summed E-state index contributed by atoms with van der Waals surface area (Å²) in [4.78, 5) is 41.8. The molecule has 214 valence electrons. The van der Waals surface area contributed by atoms with Gasteiger partial charge in [-0.15, -0.1) is 0 Å². The van der Waals surface area contributed by atoms with Gasteiger partial charge in [-0.05, 0) is 63.8 Å². The Bertz CT molecular complexity index is 1320. The van der Waals surface area contributed by atoms with Crippen LogP contribution >= 0.6 is 0 Å². The smallest absolute Gasteiger partial charge is 0.338 e. The van der Waals surface area contributed by atoms with E-state index in [-0.39, 0.29) is 24.5 Å². The number of likely N-dealkylation sites (N-methyl/N-ethyl adjacent to an activating group) is 1. The normalized spacial score (nSPS) is 11.3. The molecule has 0 atom stereocenters. The quantitative estimate of drug-likeness (QED) is 0.356. The van der Waals surface area contributed by atoms with Crippen molar-refractivity contribution >= 4 is 29.4 Å². The van der Waals surface area contributed by atoms with Crippen molar-refractivity contribution in [1.82, 2.24) is 19.6 Å². The Hall–Kier alpha value is -4.18. The molecular weight excluding hydrogens is 508 g/mol. The summed E-state index contributed by atoms with van der Waals surface area (Å²) in [5.41, 5.74) is 3.38. The number of esters is 1. The topological polar surface area (TPSA) is 109 Å². The van der Waals surface area contributed by atoms with Crippen LogP contribution in [0.25, 0.3) is 5.69 Å². The Morgan fingerprint density at radius 1 is 0.975 bits per heavy atom. The van der Waals surface area contributed by atoms with Crippen molar-refractivity contribution in [3.8, 4) is 5.69 Å². The number of hydrogen-bond acceptors (Lipinski definition) is 6. The number of aromatic nitrogens is 2. The molecule has 0 fully saturated rings. The molecule has 40 heavy (non-hydrogen) atoms. The van der Waals surface area contributed by atoms with Crippen LogP contribution in [0.1, 0.15) is 49.3 Å². The first-order valence-electron chi connectivity index (χ1n) is 13.3. The third kappa shape index (κ3) is 8.16. The summed E-state index contributed by atoms with van der Waals surface area (Å²) in [6.07, 6.45) is 0. The summed E-state index contributed by atoms with van der Waals surface area (Å²) in [6, 6.07) is 15.7. The lowest BCUT2D eigenvalue weighted by molar-refractivity contribution is -0.116. The molecule has 1 heterocycles. The minimum atomic E-state index is -0.427. The lowest BCUT2D eigenvalue weighted by atomic mass is 9.92. The van der Waals surface area contributed by atoms with E-state index < -0.39 is 12.0 Å². The van der Waals surface area contributed by atoms with E-state index in [9.17, 15) is 14.4 Å². The van der Waals surface area contributed by atoms with Gasteiger partial charge in [-0.1, -0.05) is 39.0 Å². The molecule has 0 saturated carbocycles. The summed E-state index contributed by atoms with van der Waals surface area (Å²) in [7, 11) is 3.80. The number of para-hydroxylation sites is 1. The van der Waals surface area contributed by atoms with Gasteiger partial charge in [0.15, 0.2) is 0 Å². The number of hydrogen-bond donors (Lipinski definition) is 2. The van der Waals surface area contributed by atoms with Crippen LogP contribution in [-0.4, -0.2) is 77.8 Å². The number of nitrogens with one attached hydrogen (secondary N) is 2. The Balaban J connectivity index is 1.79. The first-order chi connectivity index (χ1) is 18.9. The number of amides is 3. The number of nitrogens with zero attached hydrogens (tertiary/aromatic N) is 4. The van der Waals surface area contributed by atoms with Gasteiger partial charge in [0.2, 0.25) is 5.91 Å². The largest absolute Gasteiger partial charge is 0.462 e. The summed E-state index contributed by atoms with van der Waals surface area (Å²) >= 11 is 0. The lowest BCUT2D eigenvalue weighted by Crippen LogP contribution is -2.43. The maximum atomic E-state index is 13.3. The molecule has 10 heteroatoms. The minimum absolute atomic E-state index is 0.162. The predicted molar refractivity (Wildman–Crippen MR) is 157 cm³/mol. The van der Waals surface area contributed by atoms with Crippen LogP contribution in [0, 0.1) is 6.92 Å². The van der Waals surface area contributed by atoms with Crippen molar-refractivity contribution in [3.05, 3.63) is 71.4 Å². The molecular formula is C30H40N6O4. The third-order valence-electron chi connectivity index (χ3n) is 6.18. The van der Waals surface area contributed by atoms with Crippen molar-refractivity contribution in [3.63, 3.8) is 0 Å². The van der Waals surface area contributed by atoms with Crippen molar-refractivity contribution in [2.75, 3.05) is 51.0 Å². The Kier molecular flexibility index (Phi) is 10.1. The maximum absolute atomic E-state index is 13.3.